The Kier molecular flexibility index (Phi) is 4.92. The second-order valence-corrected chi connectivity index (χ2v) is 12.4. The molecule has 0 spiro atoms. The van der Waals surface area contributed by atoms with Crippen LogP contribution in [-0.2, 0) is 17.9 Å². The Balaban J connectivity index is 1.63. The monoisotopic (exact) mass is 467 g/mol. The number of pyridine rings is 1. The fourth-order valence-electron chi connectivity index (χ4n) is 6.75. The highest BCUT2D eigenvalue weighted by molar-refractivity contribution is 6.11. The zero-order valence-corrected chi connectivity index (χ0v) is 22.3. The zero-order valence-electron chi connectivity index (χ0n) is 23.3. The summed E-state index contributed by atoms with van der Waals surface area (Å²) in [5.74, 6) is -0.481. The second-order valence-electron chi connectivity index (χ2n) is 12.4. The molecule has 0 atom stereocenters. The summed E-state index contributed by atoms with van der Waals surface area (Å²) in [5.41, 5.74) is 9.76. The van der Waals surface area contributed by atoms with E-state index in [9.17, 15) is 1.37 Å². The summed E-state index contributed by atoms with van der Waals surface area (Å²) in [7, 11) is 2.12. The van der Waals surface area contributed by atoms with Gasteiger partial charge in [-0.3, -0.25) is 0 Å². The molecular formula is C33H40NO+. The summed E-state index contributed by atoms with van der Waals surface area (Å²) < 4.78 is 18.4. The third kappa shape index (κ3) is 3.55. The molecule has 6 rings (SSSR count). The summed E-state index contributed by atoms with van der Waals surface area (Å²) >= 11 is 0. The molecule has 0 N–H and O–H groups in total. The third-order valence-corrected chi connectivity index (χ3v) is 9.07. The predicted octanol–water partition coefficient (Wildman–Crippen LogP) is 8.78. The Morgan fingerprint density at radius 2 is 1.57 bits per heavy atom. The van der Waals surface area contributed by atoms with Gasteiger partial charge in [0.15, 0.2) is 6.20 Å². The van der Waals surface area contributed by atoms with Crippen molar-refractivity contribution in [2.45, 2.75) is 96.3 Å². The molecule has 0 unspecified atom stereocenters. The lowest BCUT2D eigenvalue weighted by Crippen LogP contribution is -2.33. The molecular weight excluding hydrogens is 426 g/mol. The molecule has 2 aromatic heterocycles. The van der Waals surface area contributed by atoms with E-state index in [4.69, 9.17) is 4.42 Å². The topological polar surface area (TPSA) is 17.0 Å². The van der Waals surface area contributed by atoms with Crippen LogP contribution in [0.3, 0.4) is 0 Å². The summed E-state index contributed by atoms with van der Waals surface area (Å²) in [6, 6.07) is 13.6. The standard InChI is InChI=1S/C33H40NO/c1-21-12-13-24-25-14-15-26-29(33(4,5)18-17-32(26,2)3)31(25)35-30(24)28(21)27-20-23(16-19-34(27)6)22-10-8-7-9-11-22/h12-16,19-20,22H,7-11,17-18H2,1-6H3/q+1/i22D. The van der Waals surface area contributed by atoms with Crippen LogP contribution in [0.4, 0.5) is 0 Å². The van der Waals surface area contributed by atoms with Gasteiger partial charge in [0.25, 0.3) is 0 Å². The van der Waals surface area contributed by atoms with Crippen molar-refractivity contribution < 1.29 is 10.4 Å². The predicted molar refractivity (Wildman–Crippen MR) is 146 cm³/mol. The van der Waals surface area contributed by atoms with Gasteiger partial charge in [0.05, 0.1) is 5.56 Å². The molecule has 2 heteroatoms. The van der Waals surface area contributed by atoms with Crippen LogP contribution in [0.25, 0.3) is 33.2 Å². The van der Waals surface area contributed by atoms with Crippen molar-refractivity contribution in [3.8, 4) is 11.3 Å². The molecule has 4 aromatic rings. The number of rotatable bonds is 2. The van der Waals surface area contributed by atoms with Crippen LogP contribution in [0.5, 0.6) is 0 Å². The SMILES string of the molecule is [2H]C1(c2cc[n+](C)c(-c3c(C)ccc4c3oc3c5c(ccc34)C(C)(C)CCC5(C)C)c2)CCCCC1. The van der Waals surface area contributed by atoms with Gasteiger partial charge in [-0.15, -0.1) is 0 Å². The number of hydrogen-bond acceptors (Lipinski definition) is 1. The van der Waals surface area contributed by atoms with Crippen LogP contribution in [-0.4, -0.2) is 0 Å². The van der Waals surface area contributed by atoms with E-state index in [-0.39, 0.29) is 10.8 Å². The van der Waals surface area contributed by atoms with Gasteiger partial charge in [-0.05, 0) is 66.0 Å². The highest BCUT2D eigenvalue weighted by Gasteiger charge is 2.39. The summed E-state index contributed by atoms with van der Waals surface area (Å²) in [6.45, 7) is 11.7. The molecule has 0 saturated heterocycles. The Labute approximate surface area is 211 Å². The van der Waals surface area contributed by atoms with Crippen molar-refractivity contribution in [1.29, 1.82) is 0 Å². The first kappa shape index (κ1) is 21.7. The minimum Gasteiger partial charge on any atom is -0.455 e. The molecule has 2 aliphatic carbocycles. The van der Waals surface area contributed by atoms with E-state index in [0.717, 1.165) is 60.1 Å². The maximum atomic E-state index is 9.25. The largest absolute Gasteiger partial charge is 0.455 e. The van der Waals surface area contributed by atoms with Gasteiger partial charge in [0.1, 0.15) is 18.2 Å². The van der Waals surface area contributed by atoms with Gasteiger partial charge in [-0.2, -0.15) is 0 Å². The molecule has 1 fully saturated rings. The van der Waals surface area contributed by atoms with Gasteiger partial charge in [0, 0.05) is 29.8 Å². The van der Waals surface area contributed by atoms with E-state index in [1.807, 2.05) is 0 Å². The Bertz CT molecular complexity index is 1500. The minimum absolute atomic E-state index is 0.0800. The Morgan fingerprint density at radius 3 is 2.34 bits per heavy atom. The number of nitrogens with zero attached hydrogens (tertiary/aromatic N) is 1. The number of aryl methyl sites for hydroxylation is 2. The quantitative estimate of drug-likeness (QED) is 0.269. The molecule has 0 bridgehead atoms. The number of benzene rings is 2. The van der Waals surface area contributed by atoms with Crippen LogP contribution in [0.2, 0.25) is 0 Å². The smallest absolute Gasteiger partial charge is 0.216 e. The highest BCUT2D eigenvalue weighted by Crippen LogP contribution is 2.50. The molecule has 2 aliphatic rings. The average molecular weight is 468 g/mol. The lowest BCUT2D eigenvalue weighted by Gasteiger charge is -2.41. The average Bonchev–Trinajstić information content (AvgIpc) is 3.21. The molecule has 35 heavy (non-hydrogen) atoms. The van der Waals surface area contributed by atoms with Gasteiger partial charge in [-0.25, -0.2) is 4.57 Å². The first-order valence-electron chi connectivity index (χ1n) is 14.0. The summed E-state index contributed by atoms with van der Waals surface area (Å²) in [5, 5.41) is 2.41. The fourth-order valence-corrected chi connectivity index (χ4v) is 6.75. The highest BCUT2D eigenvalue weighted by atomic mass is 16.3. The normalized spacial score (nSPS) is 21.1. The number of furan rings is 1. The van der Waals surface area contributed by atoms with Crippen LogP contribution < -0.4 is 4.57 Å². The number of hydrogen-bond donors (Lipinski definition) is 0. The molecule has 182 valence electrons. The summed E-state index contributed by atoms with van der Waals surface area (Å²) in [6.07, 6.45) is 9.95. The lowest BCUT2D eigenvalue weighted by molar-refractivity contribution is -0.660. The van der Waals surface area contributed by atoms with Crippen molar-refractivity contribution in [3.63, 3.8) is 0 Å². The zero-order chi connectivity index (χ0) is 25.5. The Morgan fingerprint density at radius 1 is 0.886 bits per heavy atom. The van der Waals surface area contributed by atoms with E-state index in [1.165, 1.54) is 40.3 Å². The molecule has 0 aliphatic heterocycles. The third-order valence-electron chi connectivity index (χ3n) is 9.07. The molecule has 2 nitrogen and oxygen atoms in total. The van der Waals surface area contributed by atoms with E-state index in [2.05, 4.69) is 88.8 Å². The van der Waals surface area contributed by atoms with E-state index in [1.54, 1.807) is 0 Å². The first-order valence-corrected chi connectivity index (χ1v) is 13.5. The maximum Gasteiger partial charge on any atom is 0.216 e. The van der Waals surface area contributed by atoms with Crippen molar-refractivity contribution in [2.75, 3.05) is 0 Å². The van der Waals surface area contributed by atoms with E-state index in [0.29, 0.717) is 0 Å². The minimum atomic E-state index is -0.481. The number of fused-ring (bicyclic) bond motifs is 5. The van der Waals surface area contributed by atoms with Gasteiger partial charge < -0.3 is 4.42 Å². The van der Waals surface area contributed by atoms with Crippen molar-refractivity contribution in [3.05, 3.63) is 64.8 Å². The Hall–Kier alpha value is -2.61. The van der Waals surface area contributed by atoms with Gasteiger partial charge in [0.2, 0.25) is 5.69 Å². The second kappa shape index (κ2) is 7.95. The number of aromatic nitrogens is 1. The van der Waals surface area contributed by atoms with Crippen LogP contribution in [0.1, 0.15) is 102 Å². The van der Waals surface area contributed by atoms with Crippen molar-refractivity contribution in [1.82, 2.24) is 0 Å². The molecule has 1 saturated carbocycles. The van der Waals surface area contributed by atoms with Gasteiger partial charge in [-0.1, -0.05) is 71.2 Å². The van der Waals surface area contributed by atoms with Crippen LogP contribution >= 0.6 is 0 Å². The van der Waals surface area contributed by atoms with Crippen molar-refractivity contribution in [2.24, 2.45) is 7.05 Å². The lowest BCUT2D eigenvalue weighted by atomic mass is 9.63. The fraction of sp³-hybridized carbons (Fsp3) is 0.485. The van der Waals surface area contributed by atoms with E-state index >= 15 is 0 Å². The van der Waals surface area contributed by atoms with Gasteiger partial charge >= 0.3 is 0 Å². The van der Waals surface area contributed by atoms with Crippen molar-refractivity contribution >= 4 is 21.9 Å². The molecule has 0 radical (unpaired) electrons. The molecule has 0 amide bonds. The molecule has 2 aromatic carbocycles. The molecule has 2 heterocycles. The summed E-state index contributed by atoms with van der Waals surface area (Å²) in [4.78, 5) is 0. The van der Waals surface area contributed by atoms with Crippen LogP contribution in [0.15, 0.2) is 47.0 Å². The first-order chi connectivity index (χ1) is 17.0. The van der Waals surface area contributed by atoms with E-state index < -0.39 is 5.89 Å². The maximum absolute atomic E-state index is 9.25. The van der Waals surface area contributed by atoms with Crippen LogP contribution in [0, 0.1) is 6.92 Å².